The third kappa shape index (κ3) is 7.88. The van der Waals surface area contributed by atoms with Crippen molar-refractivity contribution in [2.45, 2.75) is 83.3 Å². The van der Waals surface area contributed by atoms with Crippen molar-refractivity contribution >= 4 is 17.1 Å². The molecule has 0 aromatic carbocycles. The Morgan fingerprint density at radius 2 is 1.71 bits per heavy atom. The summed E-state index contributed by atoms with van der Waals surface area (Å²) in [5.41, 5.74) is 6.27. The molecule has 0 saturated heterocycles. The van der Waals surface area contributed by atoms with Crippen molar-refractivity contribution in [3.63, 3.8) is 0 Å². The molecule has 138 valence electrons. The molecule has 1 heterocycles. The second kappa shape index (κ2) is 12.6. The number of rotatable bonds is 14. The molecule has 24 heavy (non-hydrogen) atoms. The number of unbranched alkanes of at least 4 members (excludes halogenated alkanes) is 8. The molecule has 5 heteroatoms. The van der Waals surface area contributed by atoms with Crippen LogP contribution in [0.5, 0.6) is 0 Å². The summed E-state index contributed by atoms with van der Waals surface area (Å²) in [5, 5.41) is 20.7. The predicted molar refractivity (Wildman–Crippen MR) is 101 cm³/mol. The summed E-state index contributed by atoms with van der Waals surface area (Å²) in [4.78, 5) is 12.8. The molecule has 0 amide bonds. The van der Waals surface area contributed by atoms with Gasteiger partial charge in [-0.05, 0) is 12.5 Å². The molecule has 0 fully saturated rings. The second-order valence-electron chi connectivity index (χ2n) is 6.53. The van der Waals surface area contributed by atoms with E-state index in [1.807, 2.05) is 0 Å². The summed E-state index contributed by atoms with van der Waals surface area (Å²) < 4.78 is 0. The van der Waals surface area contributed by atoms with Gasteiger partial charge in [0.1, 0.15) is 6.10 Å². The summed E-state index contributed by atoms with van der Waals surface area (Å²) in [6, 6.07) is 1.00. The Kier molecular flexibility index (Phi) is 11.2. The first kappa shape index (κ1) is 21.3. The smallest absolute Gasteiger partial charge is 0.163 e. The summed E-state index contributed by atoms with van der Waals surface area (Å²) in [6.45, 7) is 1.95. The molecule has 1 rings (SSSR count). The molecule has 0 spiro atoms. The van der Waals surface area contributed by atoms with E-state index in [0.29, 0.717) is 16.9 Å². The number of carbonyl (C=O) groups excluding carboxylic acids is 1. The Hall–Kier alpha value is -0.750. The second-order valence-corrected chi connectivity index (χ2v) is 7.47. The van der Waals surface area contributed by atoms with Gasteiger partial charge in [-0.25, -0.2) is 0 Å². The summed E-state index contributed by atoms with van der Waals surface area (Å²) in [7, 11) is 0. The largest absolute Gasteiger partial charge is 0.395 e. The summed E-state index contributed by atoms with van der Waals surface area (Å²) in [6.07, 6.45) is 10.8. The van der Waals surface area contributed by atoms with E-state index >= 15 is 0 Å². The topological polar surface area (TPSA) is 83.5 Å². The van der Waals surface area contributed by atoms with Crippen LogP contribution in [0.3, 0.4) is 0 Å². The van der Waals surface area contributed by atoms with Crippen molar-refractivity contribution in [1.29, 1.82) is 0 Å². The van der Waals surface area contributed by atoms with Gasteiger partial charge in [-0.2, -0.15) is 0 Å². The predicted octanol–water partition coefficient (Wildman–Crippen LogP) is 4.20. The minimum Gasteiger partial charge on any atom is -0.395 e. The van der Waals surface area contributed by atoms with Gasteiger partial charge in [0.25, 0.3) is 0 Å². The highest BCUT2D eigenvalue weighted by Crippen LogP contribution is 2.25. The number of nitrogens with two attached hydrogens (primary N) is 1. The quantitative estimate of drug-likeness (QED) is 0.345. The van der Waals surface area contributed by atoms with Gasteiger partial charge in [-0.3, -0.25) is 4.79 Å². The van der Waals surface area contributed by atoms with Gasteiger partial charge < -0.3 is 15.9 Å². The van der Waals surface area contributed by atoms with Crippen LogP contribution in [0.1, 0.15) is 92.5 Å². The van der Waals surface area contributed by atoms with Crippen molar-refractivity contribution in [2.75, 3.05) is 6.61 Å². The van der Waals surface area contributed by atoms with Gasteiger partial charge in [0.15, 0.2) is 5.78 Å². The van der Waals surface area contributed by atoms with Crippen molar-refractivity contribution < 1.29 is 15.0 Å². The van der Waals surface area contributed by atoms with Crippen molar-refractivity contribution in [1.82, 2.24) is 0 Å². The lowest BCUT2D eigenvalue weighted by Crippen LogP contribution is -2.31. The van der Waals surface area contributed by atoms with E-state index in [4.69, 9.17) is 10.8 Å². The fourth-order valence-electron chi connectivity index (χ4n) is 2.71. The number of hydrogen-bond acceptors (Lipinski definition) is 5. The zero-order valence-electron chi connectivity index (χ0n) is 14.9. The number of aliphatic hydroxyl groups excluding tert-OH is 2. The number of Topliss-reactive ketones (excluding diaryl/α,β-unsaturated/α-hetero) is 1. The van der Waals surface area contributed by atoms with Crippen LogP contribution in [0.2, 0.25) is 0 Å². The van der Waals surface area contributed by atoms with Crippen LogP contribution in [-0.2, 0) is 0 Å². The molecule has 0 radical (unpaired) electrons. The molecule has 1 aromatic heterocycles. The minimum atomic E-state index is -0.908. The number of thiophene rings is 1. The van der Waals surface area contributed by atoms with Crippen LogP contribution in [0.25, 0.3) is 0 Å². The van der Waals surface area contributed by atoms with E-state index in [9.17, 15) is 9.90 Å². The normalized spacial score (nSPS) is 13.8. The van der Waals surface area contributed by atoms with Gasteiger partial charge >= 0.3 is 0 Å². The molecule has 0 unspecified atom stereocenters. The Morgan fingerprint density at radius 1 is 1.12 bits per heavy atom. The van der Waals surface area contributed by atoms with Crippen LogP contribution < -0.4 is 5.73 Å². The maximum absolute atomic E-state index is 12.2. The molecule has 2 atom stereocenters. The Bertz CT molecular complexity index is 461. The molecule has 0 aliphatic carbocycles. The Labute approximate surface area is 150 Å². The molecule has 4 nitrogen and oxygen atoms in total. The summed E-state index contributed by atoms with van der Waals surface area (Å²) >= 11 is 1.32. The van der Waals surface area contributed by atoms with E-state index in [2.05, 4.69) is 6.92 Å². The minimum absolute atomic E-state index is 0.130. The van der Waals surface area contributed by atoms with Gasteiger partial charge in [0, 0.05) is 22.2 Å². The van der Waals surface area contributed by atoms with Gasteiger partial charge in [-0.15, -0.1) is 11.3 Å². The van der Waals surface area contributed by atoms with Gasteiger partial charge in [0.2, 0.25) is 0 Å². The maximum atomic E-state index is 12.2. The van der Waals surface area contributed by atoms with Crippen molar-refractivity contribution in [3.8, 4) is 0 Å². The molecule has 0 aliphatic rings. The van der Waals surface area contributed by atoms with E-state index < -0.39 is 12.1 Å². The first-order valence-electron chi connectivity index (χ1n) is 9.26. The molecule has 0 bridgehead atoms. The first-order valence-corrected chi connectivity index (χ1v) is 10.1. The van der Waals surface area contributed by atoms with Gasteiger partial charge in [-0.1, -0.05) is 58.3 Å². The van der Waals surface area contributed by atoms with E-state index in [-0.39, 0.29) is 12.4 Å². The molecule has 1 aromatic rings. The fraction of sp³-hybridized carbons (Fsp3) is 0.737. The Morgan fingerprint density at radius 3 is 2.29 bits per heavy atom. The lowest BCUT2D eigenvalue weighted by molar-refractivity contribution is 0.0979. The zero-order chi connectivity index (χ0) is 17.8. The highest BCUT2D eigenvalue weighted by atomic mass is 32.1. The highest BCUT2D eigenvalue weighted by molar-refractivity contribution is 7.10. The number of ketones is 1. The highest BCUT2D eigenvalue weighted by Gasteiger charge is 2.19. The number of carbonyl (C=O) groups is 1. The standard InChI is InChI=1S/C19H33NO3S/c1-2-3-4-5-6-7-8-9-10-11-17(22)15-12-18(24-14-15)19(23)16(20)13-21/h12,14,16,19,21,23H,2-11,13,20H2,1H3/t16-,19-/m0/s1. The average molecular weight is 356 g/mol. The summed E-state index contributed by atoms with van der Waals surface area (Å²) in [5.74, 6) is 0.130. The van der Waals surface area contributed by atoms with Crippen LogP contribution in [-0.4, -0.2) is 28.6 Å². The van der Waals surface area contributed by atoms with Gasteiger partial charge in [0.05, 0.1) is 12.6 Å². The van der Waals surface area contributed by atoms with Crippen LogP contribution in [0.4, 0.5) is 0 Å². The molecule has 0 aliphatic heterocycles. The van der Waals surface area contributed by atoms with Crippen LogP contribution in [0.15, 0.2) is 11.4 Å². The molecule has 4 N–H and O–H groups in total. The molecule has 0 saturated carbocycles. The SMILES string of the molecule is CCCCCCCCCCCC(=O)c1csc([C@@H](O)[C@@H](N)CO)c1. The third-order valence-corrected chi connectivity index (χ3v) is 5.36. The van der Waals surface area contributed by atoms with Crippen molar-refractivity contribution in [2.24, 2.45) is 5.73 Å². The maximum Gasteiger partial charge on any atom is 0.163 e. The van der Waals surface area contributed by atoms with E-state index in [1.165, 1.54) is 56.3 Å². The molecular formula is C19H33NO3S. The third-order valence-electron chi connectivity index (χ3n) is 4.36. The van der Waals surface area contributed by atoms with Crippen LogP contribution in [0, 0.1) is 0 Å². The van der Waals surface area contributed by atoms with Crippen LogP contribution >= 0.6 is 11.3 Å². The monoisotopic (exact) mass is 355 g/mol. The average Bonchev–Trinajstić information content (AvgIpc) is 3.08. The lowest BCUT2D eigenvalue weighted by Gasteiger charge is -2.14. The van der Waals surface area contributed by atoms with Crippen molar-refractivity contribution in [3.05, 3.63) is 21.9 Å². The van der Waals surface area contributed by atoms with E-state index in [1.54, 1.807) is 11.4 Å². The number of aliphatic hydroxyl groups is 2. The Balaban J connectivity index is 2.18. The molecular weight excluding hydrogens is 322 g/mol. The number of hydrogen-bond donors (Lipinski definition) is 3. The lowest BCUT2D eigenvalue weighted by atomic mass is 10.0. The first-order chi connectivity index (χ1) is 11.6. The van der Waals surface area contributed by atoms with E-state index in [0.717, 1.165) is 12.8 Å². The zero-order valence-corrected chi connectivity index (χ0v) is 15.7. The fourth-order valence-corrected chi connectivity index (χ4v) is 3.68.